The number of sulfonamides is 1. The number of hydrogen-bond donors (Lipinski definition) is 1. The van der Waals surface area contributed by atoms with Crippen molar-refractivity contribution < 1.29 is 22.4 Å². The maximum Gasteiger partial charge on any atom is 0.244 e. The molecule has 0 aliphatic rings. The summed E-state index contributed by atoms with van der Waals surface area (Å²) in [6, 6.07) is 18.1. The highest BCUT2D eigenvalue weighted by molar-refractivity contribution is 7.92. The van der Waals surface area contributed by atoms with Crippen molar-refractivity contribution in [1.29, 1.82) is 0 Å². The number of nitrogens with one attached hydrogen (secondary N) is 1. The van der Waals surface area contributed by atoms with E-state index in [0.717, 1.165) is 16.1 Å². The molecule has 0 aliphatic heterocycles. The van der Waals surface area contributed by atoms with Gasteiger partial charge in [0.25, 0.3) is 0 Å². The Morgan fingerprint density at radius 2 is 1.65 bits per heavy atom. The van der Waals surface area contributed by atoms with Crippen molar-refractivity contribution in [2.75, 3.05) is 24.2 Å². The van der Waals surface area contributed by atoms with E-state index in [-0.39, 0.29) is 34.3 Å². The van der Waals surface area contributed by atoms with Crippen molar-refractivity contribution in [3.05, 3.63) is 99.8 Å². The molecular formula is C26H26Cl2FN3O4S. The lowest BCUT2D eigenvalue weighted by Crippen LogP contribution is -2.53. The Morgan fingerprint density at radius 3 is 2.27 bits per heavy atom. The summed E-state index contributed by atoms with van der Waals surface area (Å²) in [6.45, 7) is -0.951. The fourth-order valence-electron chi connectivity index (χ4n) is 3.80. The average molecular weight is 566 g/mol. The Balaban J connectivity index is 2.07. The molecule has 1 N–H and O–H groups in total. The number of rotatable bonds is 10. The summed E-state index contributed by atoms with van der Waals surface area (Å²) in [7, 11) is -2.58. The first-order valence-corrected chi connectivity index (χ1v) is 13.8. The number of likely N-dealkylation sites (N-methyl/N-ethyl adjacent to an activating group) is 1. The minimum atomic E-state index is -4.01. The standard InChI is InChI=1S/C26H26Cl2FN3O4S/c1-30-26(34)24(14-18-8-4-3-5-9-18)31(16-19-10-6-7-11-22(19)29)25(33)17-32(37(2,35)36)23-15-20(27)12-13-21(23)28/h3-13,15,24H,14,16-17H2,1-2H3,(H,30,34). The number of anilines is 1. The molecule has 1 unspecified atom stereocenters. The maximum atomic E-state index is 14.6. The van der Waals surface area contributed by atoms with Crippen molar-refractivity contribution in [3.8, 4) is 0 Å². The molecule has 0 spiro atoms. The highest BCUT2D eigenvalue weighted by Gasteiger charge is 2.33. The van der Waals surface area contributed by atoms with Gasteiger partial charge in [-0.05, 0) is 29.8 Å². The predicted octanol–water partition coefficient (Wildman–Crippen LogP) is 4.28. The molecule has 0 saturated carbocycles. The van der Waals surface area contributed by atoms with Crippen molar-refractivity contribution in [2.24, 2.45) is 0 Å². The van der Waals surface area contributed by atoms with Crippen LogP contribution in [0.5, 0.6) is 0 Å². The van der Waals surface area contributed by atoms with Crippen LogP contribution in [0.3, 0.4) is 0 Å². The van der Waals surface area contributed by atoms with Crippen LogP contribution in [0.1, 0.15) is 11.1 Å². The number of halogens is 3. The predicted molar refractivity (Wildman–Crippen MR) is 144 cm³/mol. The largest absolute Gasteiger partial charge is 0.357 e. The molecule has 37 heavy (non-hydrogen) atoms. The first kappa shape index (κ1) is 28.4. The Kier molecular flexibility index (Phi) is 9.53. The lowest BCUT2D eigenvalue weighted by molar-refractivity contribution is -0.139. The van der Waals surface area contributed by atoms with Crippen molar-refractivity contribution >= 4 is 50.7 Å². The van der Waals surface area contributed by atoms with Gasteiger partial charge in [0.15, 0.2) is 0 Å². The second kappa shape index (κ2) is 12.4. The number of amides is 2. The number of carbonyl (C=O) groups excluding carboxylic acids is 2. The van der Waals surface area contributed by atoms with Gasteiger partial charge < -0.3 is 10.2 Å². The maximum absolute atomic E-state index is 14.6. The number of carbonyl (C=O) groups is 2. The minimum Gasteiger partial charge on any atom is -0.357 e. The van der Waals surface area contributed by atoms with Crippen molar-refractivity contribution in [3.63, 3.8) is 0 Å². The lowest BCUT2D eigenvalue weighted by Gasteiger charge is -2.33. The van der Waals surface area contributed by atoms with Crippen LogP contribution in [-0.2, 0) is 32.6 Å². The van der Waals surface area contributed by atoms with E-state index >= 15 is 0 Å². The van der Waals surface area contributed by atoms with Crippen LogP contribution in [0, 0.1) is 5.82 Å². The zero-order valence-electron chi connectivity index (χ0n) is 20.2. The molecule has 0 aromatic heterocycles. The van der Waals surface area contributed by atoms with Gasteiger partial charge in [-0.1, -0.05) is 71.7 Å². The van der Waals surface area contributed by atoms with Crippen molar-refractivity contribution in [2.45, 2.75) is 19.0 Å². The Labute approximate surface area is 225 Å². The Hall–Kier alpha value is -3.14. The third-order valence-corrected chi connectivity index (χ3v) is 7.35. The molecule has 11 heteroatoms. The number of benzene rings is 3. The third kappa shape index (κ3) is 7.44. The zero-order valence-corrected chi connectivity index (χ0v) is 22.5. The summed E-state index contributed by atoms with van der Waals surface area (Å²) >= 11 is 12.3. The molecule has 0 aliphatic carbocycles. The van der Waals surface area contributed by atoms with E-state index in [1.165, 1.54) is 48.3 Å². The van der Waals surface area contributed by atoms with Crippen LogP contribution in [0.4, 0.5) is 10.1 Å². The summed E-state index contributed by atoms with van der Waals surface area (Å²) in [5, 5.41) is 2.84. The Morgan fingerprint density at radius 1 is 1.00 bits per heavy atom. The molecule has 0 heterocycles. The van der Waals surface area contributed by atoms with Crippen molar-refractivity contribution in [1.82, 2.24) is 10.2 Å². The fourth-order valence-corrected chi connectivity index (χ4v) is 5.09. The van der Waals surface area contributed by atoms with Gasteiger partial charge in [0.2, 0.25) is 21.8 Å². The molecule has 7 nitrogen and oxygen atoms in total. The van der Waals surface area contributed by atoms with Gasteiger partial charge in [-0.25, -0.2) is 12.8 Å². The van der Waals surface area contributed by atoms with Gasteiger partial charge in [-0.15, -0.1) is 0 Å². The normalized spacial score (nSPS) is 12.0. The highest BCUT2D eigenvalue weighted by atomic mass is 35.5. The van der Waals surface area contributed by atoms with Gasteiger partial charge in [0.1, 0.15) is 18.4 Å². The van der Waals surface area contributed by atoms with Crippen LogP contribution < -0.4 is 9.62 Å². The SMILES string of the molecule is CNC(=O)C(Cc1ccccc1)N(Cc1ccccc1F)C(=O)CN(c1cc(Cl)ccc1Cl)S(C)(=O)=O. The summed E-state index contributed by atoms with van der Waals surface area (Å²) < 4.78 is 40.9. The fraction of sp³-hybridized carbons (Fsp3) is 0.231. The molecule has 3 aromatic rings. The molecule has 0 saturated heterocycles. The summed E-state index contributed by atoms with van der Waals surface area (Å²) in [5.74, 6) is -1.77. The monoisotopic (exact) mass is 565 g/mol. The Bertz CT molecular complexity index is 1370. The number of hydrogen-bond acceptors (Lipinski definition) is 4. The summed E-state index contributed by atoms with van der Waals surface area (Å²) in [5.41, 5.74) is 0.945. The average Bonchev–Trinajstić information content (AvgIpc) is 2.86. The second-order valence-corrected chi connectivity index (χ2v) is 11.0. The van der Waals surface area contributed by atoms with E-state index in [4.69, 9.17) is 23.2 Å². The van der Waals surface area contributed by atoms with Crippen LogP contribution >= 0.6 is 23.2 Å². The van der Waals surface area contributed by atoms with E-state index in [1.807, 2.05) is 6.07 Å². The first-order chi connectivity index (χ1) is 17.5. The van der Waals surface area contributed by atoms with E-state index in [1.54, 1.807) is 30.3 Å². The zero-order chi connectivity index (χ0) is 27.2. The van der Waals surface area contributed by atoms with Crippen LogP contribution in [0.25, 0.3) is 0 Å². The molecule has 0 bridgehead atoms. The molecule has 1 atom stereocenters. The molecule has 0 radical (unpaired) electrons. The summed E-state index contributed by atoms with van der Waals surface area (Å²) in [6.07, 6.45) is 1.05. The van der Waals surface area contributed by atoms with Crippen LogP contribution in [-0.4, -0.2) is 51.0 Å². The highest BCUT2D eigenvalue weighted by Crippen LogP contribution is 2.31. The summed E-state index contributed by atoms with van der Waals surface area (Å²) in [4.78, 5) is 28.0. The van der Waals surface area contributed by atoms with E-state index in [9.17, 15) is 22.4 Å². The smallest absolute Gasteiger partial charge is 0.244 e. The molecule has 196 valence electrons. The molecule has 3 rings (SSSR count). The minimum absolute atomic E-state index is 0.00964. The van der Waals surface area contributed by atoms with E-state index in [0.29, 0.717) is 0 Å². The third-order valence-electron chi connectivity index (χ3n) is 5.67. The van der Waals surface area contributed by atoms with Gasteiger partial charge >= 0.3 is 0 Å². The van der Waals surface area contributed by atoms with E-state index in [2.05, 4.69) is 5.32 Å². The van der Waals surface area contributed by atoms with Gasteiger partial charge in [-0.3, -0.25) is 13.9 Å². The topological polar surface area (TPSA) is 86.8 Å². The molecular weight excluding hydrogens is 540 g/mol. The van der Waals surface area contributed by atoms with Crippen LogP contribution in [0.2, 0.25) is 10.0 Å². The number of nitrogens with zero attached hydrogens (tertiary/aromatic N) is 2. The van der Waals surface area contributed by atoms with Crippen LogP contribution in [0.15, 0.2) is 72.8 Å². The van der Waals surface area contributed by atoms with Gasteiger partial charge in [0.05, 0.1) is 17.0 Å². The van der Waals surface area contributed by atoms with Gasteiger partial charge in [-0.2, -0.15) is 0 Å². The second-order valence-electron chi connectivity index (χ2n) is 8.30. The molecule has 2 amide bonds. The lowest BCUT2D eigenvalue weighted by atomic mass is 10.0. The quantitative estimate of drug-likeness (QED) is 0.397. The first-order valence-electron chi connectivity index (χ1n) is 11.2. The van der Waals surface area contributed by atoms with Gasteiger partial charge in [0, 0.05) is 30.6 Å². The molecule has 3 aromatic carbocycles. The van der Waals surface area contributed by atoms with E-state index < -0.39 is 40.2 Å². The molecule has 0 fully saturated rings.